The second-order valence-corrected chi connectivity index (χ2v) is 7.88. The molecule has 168 valence electrons. The fraction of sp³-hybridized carbons (Fsp3) is 0.174. The van der Waals surface area contributed by atoms with Crippen LogP contribution in [-0.2, 0) is 9.59 Å². The van der Waals surface area contributed by atoms with Gasteiger partial charge in [0.15, 0.2) is 17.3 Å². The Labute approximate surface area is 191 Å². The van der Waals surface area contributed by atoms with Gasteiger partial charge in [0, 0.05) is 13.8 Å². The summed E-state index contributed by atoms with van der Waals surface area (Å²) in [4.78, 5) is 40.4. The number of hydrogen-bond donors (Lipinski definition) is 0. The van der Waals surface area contributed by atoms with Gasteiger partial charge < -0.3 is 14.2 Å². The zero-order valence-electron chi connectivity index (χ0n) is 18.0. The normalized spacial score (nSPS) is 11.5. The van der Waals surface area contributed by atoms with Gasteiger partial charge in [-0.25, -0.2) is 0 Å². The lowest BCUT2D eigenvalue weighted by atomic mass is 10.2. The van der Waals surface area contributed by atoms with E-state index in [9.17, 15) is 14.4 Å². The summed E-state index contributed by atoms with van der Waals surface area (Å²) in [6.07, 6.45) is 1.69. The number of hydrogen-bond acceptors (Lipinski definition) is 9. The van der Waals surface area contributed by atoms with Crippen molar-refractivity contribution in [2.45, 2.75) is 20.8 Å². The average molecular weight is 465 g/mol. The van der Waals surface area contributed by atoms with Crippen LogP contribution in [0.4, 0.5) is 0 Å². The van der Waals surface area contributed by atoms with Crippen LogP contribution < -0.4 is 24.3 Å². The molecule has 0 aliphatic rings. The molecule has 2 heterocycles. The Morgan fingerprint density at radius 3 is 2.45 bits per heavy atom. The third kappa shape index (κ3) is 4.75. The van der Waals surface area contributed by atoms with Gasteiger partial charge in [0.25, 0.3) is 5.56 Å². The molecule has 4 aromatic rings. The number of fused-ring (bicyclic) bond motifs is 1. The highest BCUT2D eigenvalue weighted by Crippen LogP contribution is 2.29. The molecular formula is C23H19N3O6S. The molecule has 0 N–H and O–H groups in total. The van der Waals surface area contributed by atoms with Crippen LogP contribution in [-0.4, -0.2) is 33.1 Å². The summed E-state index contributed by atoms with van der Waals surface area (Å²) in [6, 6.07) is 11.9. The van der Waals surface area contributed by atoms with Gasteiger partial charge in [-0.15, -0.1) is 5.10 Å². The van der Waals surface area contributed by atoms with Crippen LogP contribution in [0.15, 0.2) is 47.3 Å². The molecule has 0 spiro atoms. The minimum atomic E-state index is -0.462. The first kappa shape index (κ1) is 22.2. The molecule has 0 saturated carbocycles. The lowest BCUT2D eigenvalue weighted by Gasteiger charge is -2.10. The first-order chi connectivity index (χ1) is 15.9. The van der Waals surface area contributed by atoms with Crippen molar-refractivity contribution in [3.8, 4) is 28.6 Å². The summed E-state index contributed by atoms with van der Waals surface area (Å²) in [5.74, 6) is 0.396. The zero-order valence-corrected chi connectivity index (χ0v) is 18.8. The number of benzene rings is 2. The summed E-state index contributed by atoms with van der Waals surface area (Å²) in [7, 11) is 0. The van der Waals surface area contributed by atoms with E-state index in [-0.39, 0.29) is 11.4 Å². The van der Waals surface area contributed by atoms with Gasteiger partial charge in [0.2, 0.25) is 4.96 Å². The summed E-state index contributed by atoms with van der Waals surface area (Å²) in [5.41, 5.74) is 0.869. The van der Waals surface area contributed by atoms with E-state index in [1.54, 1.807) is 48.5 Å². The molecule has 0 aliphatic heterocycles. The molecular weight excluding hydrogens is 446 g/mol. The molecule has 2 aromatic heterocycles. The molecule has 0 saturated heterocycles. The Hall–Kier alpha value is -4.05. The van der Waals surface area contributed by atoms with Crippen molar-refractivity contribution in [2.24, 2.45) is 0 Å². The molecule has 0 bridgehead atoms. The minimum Gasteiger partial charge on any atom is -0.490 e. The van der Waals surface area contributed by atoms with Crippen LogP contribution in [0.2, 0.25) is 0 Å². The lowest BCUT2D eigenvalue weighted by Crippen LogP contribution is -2.23. The number of para-hydroxylation sites is 1. The second-order valence-electron chi connectivity index (χ2n) is 6.87. The van der Waals surface area contributed by atoms with Crippen molar-refractivity contribution in [3.05, 3.63) is 62.9 Å². The maximum atomic E-state index is 12.9. The van der Waals surface area contributed by atoms with E-state index in [4.69, 9.17) is 14.2 Å². The first-order valence-electron chi connectivity index (χ1n) is 10.00. The van der Waals surface area contributed by atoms with Crippen LogP contribution in [0.1, 0.15) is 26.3 Å². The topological polar surface area (TPSA) is 109 Å². The van der Waals surface area contributed by atoms with Gasteiger partial charge in [-0.3, -0.25) is 14.4 Å². The molecule has 2 aromatic carbocycles. The number of esters is 2. The standard InChI is InChI=1S/C23H19N3O6S/c1-4-30-19-11-15(9-10-18(19)32-14(3)28)12-20-22(29)26-23(33-20)24-21(25-26)16-7-5-6-8-17(16)31-13(2)27/h5-12H,4H2,1-3H3/b20-12+. The van der Waals surface area contributed by atoms with Crippen molar-refractivity contribution >= 4 is 34.3 Å². The van der Waals surface area contributed by atoms with Crippen molar-refractivity contribution in [1.82, 2.24) is 14.6 Å². The molecule has 0 unspecified atom stereocenters. The van der Waals surface area contributed by atoms with Gasteiger partial charge in [-0.05, 0) is 42.8 Å². The van der Waals surface area contributed by atoms with Crippen LogP contribution in [0.25, 0.3) is 22.4 Å². The van der Waals surface area contributed by atoms with Crippen LogP contribution in [0, 0.1) is 0 Å². The fourth-order valence-electron chi connectivity index (χ4n) is 3.12. The molecule has 9 nitrogen and oxygen atoms in total. The van der Waals surface area contributed by atoms with E-state index in [1.807, 2.05) is 6.92 Å². The highest BCUT2D eigenvalue weighted by molar-refractivity contribution is 7.15. The summed E-state index contributed by atoms with van der Waals surface area (Å²) >= 11 is 1.18. The molecule has 0 aliphatic carbocycles. The van der Waals surface area contributed by atoms with Crippen molar-refractivity contribution in [2.75, 3.05) is 6.61 Å². The highest BCUT2D eigenvalue weighted by Gasteiger charge is 2.16. The first-order valence-corrected chi connectivity index (χ1v) is 10.8. The monoisotopic (exact) mass is 465 g/mol. The molecule has 10 heteroatoms. The fourth-order valence-corrected chi connectivity index (χ4v) is 4.02. The van der Waals surface area contributed by atoms with E-state index >= 15 is 0 Å². The molecule has 33 heavy (non-hydrogen) atoms. The molecule has 0 radical (unpaired) electrons. The van der Waals surface area contributed by atoms with E-state index < -0.39 is 11.9 Å². The van der Waals surface area contributed by atoms with Gasteiger partial charge >= 0.3 is 11.9 Å². The third-order valence-corrected chi connectivity index (χ3v) is 5.34. The zero-order chi connectivity index (χ0) is 23.5. The Morgan fingerprint density at radius 1 is 1.03 bits per heavy atom. The van der Waals surface area contributed by atoms with E-state index in [2.05, 4.69) is 10.1 Å². The number of thiazole rings is 1. The predicted octanol–water partition coefficient (Wildman–Crippen LogP) is 2.62. The van der Waals surface area contributed by atoms with Crippen molar-refractivity contribution in [3.63, 3.8) is 0 Å². The van der Waals surface area contributed by atoms with Crippen LogP contribution in [0.5, 0.6) is 17.2 Å². The van der Waals surface area contributed by atoms with E-state index in [0.717, 1.165) is 0 Å². The highest BCUT2D eigenvalue weighted by atomic mass is 32.1. The van der Waals surface area contributed by atoms with E-state index in [0.29, 0.717) is 44.5 Å². The quantitative estimate of drug-likeness (QED) is 0.316. The van der Waals surface area contributed by atoms with Gasteiger partial charge in [0.05, 0.1) is 16.7 Å². The number of aromatic nitrogens is 3. The van der Waals surface area contributed by atoms with Crippen LogP contribution >= 0.6 is 11.3 Å². The van der Waals surface area contributed by atoms with Gasteiger partial charge in [0.1, 0.15) is 5.75 Å². The number of ether oxygens (including phenoxy) is 3. The molecule has 0 atom stereocenters. The molecule has 0 amide bonds. The number of rotatable bonds is 6. The Balaban J connectivity index is 1.73. The maximum absolute atomic E-state index is 12.9. The Bertz CT molecular complexity index is 1470. The molecule has 4 rings (SSSR count). The number of carbonyl (C=O) groups is 2. The van der Waals surface area contributed by atoms with Gasteiger partial charge in [-0.2, -0.15) is 9.50 Å². The van der Waals surface area contributed by atoms with Gasteiger partial charge in [-0.1, -0.05) is 29.5 Å². The van der Waals surface area contributed by atoms with E-state index in [1.165, 1.54) is 29.7 Å². The Morgan fingerprint density at radius 2 is 1.76 bits per heavy atom. The van der Waals surface area contributed by atoms with Crippen molar-refractivity contribution in [1.29, 1.82) is 0 Å². The largest absolute Gasteiger partial charge is 0.490 e. The van der Waals surface area contributed by atoms with Crippen LogP contribution in [0.3, 0.4) is 0 Å². The summed E-state index contributed by atoms with van der Waals surface area (Å²) < 4.78 is 17.6. The second kappa shape index (κ2) is 9.21. The maximum Gasteiger partial charge on any atom is 0.308 e. The predicted molar refractivity (Wildman–Crippen MR) is 122 cm³/mol. The average Bonchev–Trinajstić information content (AvgIpc) is 3.29. The molecule has 0 fully saturated rings. The number of nitrogens with zero attached hydrogens (tertiary/aromatic N) is 3. The Kier molecular flexibility index (Phi) is 6.18. The SMILES string of the molecule is CCOc1cc(/C=c2/sc3nc(-c4ccccc4OC(C)=O)nn3c2=O)ccc1OC(C)=O. The summed E-state index contributed by atoms with van der Waals surface area (Å²) in [5, 5.41) is 4.32. The minimum absolute atomic E-state index is 0.283. The smallest absolute Gasteiger partial charge is 0.308 e. The number of carbonyl (C=O) groups excluding carboxylic acids is 2. The third-order valence-electron chi connectivity index (χ3n) is 4.38. The lowest BCUT2D eigenvalue weighted by molar-refractivity contribution is -0.132. The van der Waals surface area contributed by atoms with Crippen molar-refractivity contribution < 1.29 is 23.8 Å². The summed E-state index contributed by atoms with van der Waals surface area (Å²) in [6.45, 7) is 4.83.